The fraction of sp³-hybridized carbons (Fsp3) is 0.500. The fourth-order valence-corrected chi connectivity index (χ4v) is 3.53. The molecule has 29 heavy (non-hydrogen) atoms. The molecule has 0 heterocycles. The van der Waals surface area contributed by atoms with Crippen LogP contribution in [-0.4, -0.2) is 25.4 Å². The van der Waals surface area contributed by atoms with Crippen LogP contribution in [0.5, 0.6) is 5.75 Å². The minimum atomic E-state index is -0.0507. The molecule has 0 N–H and O–H groups in total. The van der Waals surface area contributed by atoms with E-state index < -0.39 is 0 Å². The minimum Gasteiger partial charge on any atom is -0.406 e. The van der Waals surface area contributed by atoms with Crippen molar-refractivity contribution in [1.82, 2.24) is 5.06 Å². The lowest BCUT2D eigenvalue weighted by atomic mass is 9.79. The Morgan fingerprint density at radius 1 is 0.828 bits per heavy atom. The third kappa shape index (κ3) is 5.70. The van der Waals surface area contributed by atoms with E-state index in [1.54, 1.807) is 5.06 Å². The Bertz CT molecular complexity index is 887. The first kappa shape index (κ1) is 23.2. The quantitative estimate of drug-likeness (QED) is 0.420. The lowest BCUT2D eigenvalue weighted by Gasteiger charge is -2.29. The van der Waals surface area contributed by atoms with Crippen molar-refractivity contribution in [1.29, 1.82) is 0 Å². The van der Waals surface area contributed by atoms with Crippen molar-refractivity contribution in [3.63, 3.8) is 0 Å². The maximum Gasteiger partial charge on any atom is 0.159 e. The van der Waals surface area contributed by atoms with E-state index in [2.05, 4.69) is 86.6 Å². The van der Waals surface area contributed by atoms with Gasteiger partial charge in [0.05, 0.1) is 5.69 Å². The summed E-state index contributed by atoms with van der Waals surface area (Å²) >= 11 is 0. The second-order valence-corrected chi connectivity index (χ2v) is 10.4. The molecule has 0 atom stereocenters. The molecule has 2 aromatic rings. The first-order chi connectivity index (χ1) is 13.2. The van der Waals surface area contributed by atoms with Crippen molar-refractivity contribution in [3.8, 4) is 5.75 Å². The third-order valence-corrected chi connectivity index (χ3v) is 5.03. The highest BCUT2D eigenvalue weighted by Gasteiger charge is 2.26. The molecule has 0 aliphatic rings. The predicted molar refractivity (Wildman–Crippen MR) is 126 cm³/mol. The molecular formula is C26H38N2O. The van der Waals surface area contributed by atoms with Crippen LogP contribution in [0.3, 0.4) is 0 Å². The molecule has 2 aromatic carbocycles. The molecular weight excluding hydrogens is 356 g/mol. The highest BCUT2D eigenvalue weighted by atomic mass is 16.7. The first-order valence-electron chi connectivity index (χ1n) is 10.4. The van der Waals surface area contributed by atoms with Gasteiger partial charge < -0.3 is 4.84 Å². The number of benzene rings is 2. The van der Waals surface area contributed by atoms with Crippen LogP contribution in [0.25, 0.3) is 0 Å². The number of aliphatic imine (C=N–C) groups is 1. The molecule has 0 radical (unpaired) electrons. The standard InChI is InChI=1S/C26H38N2O/c1-17-12-18(2)23(19(3)13-17)27-16-20-14-21(25(4,5)6)15-22(26(7,8)9)24(20)29-28(10)11/h12-16H,1-11H3. The minimum absolute atomic E-state index is 0.0366. The molecule has 3 nitrogen and oxygen atoms in total. The third-order valence-electron chi connectivity index (χ3n) is 5.03. The van der Waals surface area contributed by atoms with Crippen molar-refractivity contribution < 1.29 is 4.84 Å². The Labute approximate surface area is 177 Å². The van der Waals surface area contributed by atoms with E-state index in [0.29, 0.717) is 0 Å². The zero-order valence-electron chi connectivity index (χ0n) is 20.2. The summed E-state index contributed by atoms with van der Waals surface area (Å²) in [5.41, 5.74) is 8.15. The zero-order chi connectivity index (χ0) is 22.1. The van der Waals surface area contributed by atoms with Gasteiger partial charge in [-0.15, -0.1) is 0 Å². The topological polar surface area (TPSA) is 24.8 Å². The van der Waals surface area contributed by atoms with Crippen LogP contribution >= 0.6 is 0 Å². The molecule has 0 saturated carbocycles. The van der Waals surface area contributed by atoms with Crippen LogP contribution in [0.4, 0.5) is 5.69 Å². The van der Waals surface area contributed by atoms with Crippen LogP contribution in [0.15, 0.2) is 29.3 Å². The smallest absolute Gasteiger partial charge is 0.159 e. The average molecular weight is 395 g/mol. The molecule has 158 valence electrons. The zero-order valence-corrected chi connectivity index (χ0v) is 20.2. The van der Waals surface area contributed by atoms with Crippen molar-refractivity contribution in [2.75, 3.05) is 14.1 Å². The Hall–Kier alpha value is -2.13. The summed E-state index contributed by atoms with van der Waals surface area (Å²) < 4.78 is 0. The summed E-state index contributed by atoms with van der Waals surface area (Å²) in [7, 11) is 3.83. The largest absolute Gasteiger partial charge is 0.406 e. The highest BCUT2D eigenvalue weighted by Crippen LogP contribution is 2.38. The number of hydroxylamine groups is 2. The fourth-order valence-electron chi connectivity index (χ4n) is 3.53. The van der Waals surface area contributed by atoms with Gasteiger partial charge in [0, 0.05) is 31.4 Å². The molecule has 0 aliphatic carbocycles. The Kier molecular flexibility index (Phi) is 6.64. The van der Waals surface area contributed by atoms with E-state index in [0.717, 1.165) is 17.0 Å². The molecule has 0 bridgehead atoms. The maximum atomic E-state index is 6.18. The van der Waals surface area contributed by atoms with Crippen LogP contribution in [0, 0.1) is 20.8 Å². The van der Waals surface area contributed by atoms with Gasteiger partial charge in [0.2, 0.25) is 0 Å². The van der Waals surface area contributed by atoms with Crippen molar-refractivity contribution in [3.05, 3.63) is 57.6 Å². The van der Waals surface area contributed by atoms with E-state index in [4.69, 9.17) is 9.83 Å². The van der Waals surface area contributed by atoms with Crippen LogP contribution in [-0.2, 0) is 10.8 Å². The van der Waals surface area contributed by atoms with Crippen LogP contribution in [0.1, 0.15) is 74.9 Å². The lowest BCUT2D eigenvalue weighted by Crippen LogP contribution is -2.23. The number of hydrogen-bond acceptors (Lipinski definition) is 3. The van der Waals surface area contributed by atoms with Gasteiger partial charge in [-0.05, 0) is 54.4 Å². The second kappa shape index (κ2) is 8.31. The van der Waals surface area contributed by atoms with Crippen LogP contribution in [0.2, 0.25) is 0 Å². The molecule has 0 spiro atoms. The van der Waals surface area contributed by atoms with Gasteiger partial charge in [0.15, 0.2) is 5.75 Å². The Morgan fingerprint density at radius 3 is 1.83 bits per heavy atom. The summed E-state index contributed by atoms with van der Waals surface area (Å²) in [4.78, 5) is 11.1. The van der Waals surface area contributed by atoms with Gasteiger partial charge >= 0.3 is 0 Å². The molecule has 2 rings (SSSR count). The lowest BCUT2D eigenvalue weighted by molar-refractivity contribution is -0.00532. The van der Waals surface area contributed by atoms with Crippen LogP contribution < -0.4 is 4.84 Å². The van der Waals surface area contributed by atoms with E-state index >= 15 is 0 Å². The van der Waals surface area contributed by atoms with Crippen molar-refractivity contribution in [2.24, 2.45) is 4.99 Å². The summed E-state index contributed by atoms with van der Waals surface area (Å²) in [6.45, 7) is 19.8. The van der Waals surface area contributed by atoms with E-state index in [1.807, 2.05) is 20.3 Å². The van der Waals surface area contributed by atoms with E-state index in [1.165, 1.54) is 27.8 Å². The molecule has 0 aromatic heterocycles. The Balaban J connectivity index is 2.74. The first-order valence-corrected chi connectivity index (χ1v) is 10.4. The van der Waals surface area contributed by atoms with Gasteiger partial charge in [-0.1, -0.05) is 65.3 Å². The SMILES string of the molecule is Cc1cc(C)c(N=Cc2cc(C(C)(C)C)cc(C(C)(C)C)c2ON(C)C)c(C)c1. The summed E-state index contributed by atoms with van der Waals surface area (Å²) in [6.07, 6.45) is 1.97. The summed E-state index contributed by atoms with van der Waals surface area (Å²) in [5, 5.41) is 1.75. The normalized spacial score (nSPS) is 12.8. The number of hydrogen-bond donors (Lipinski definition) is 0. The maximum absolute atomic E-state index is 6.18. The number of rotatable bonds is 4. The van der Waals surface area contributed by atoms with E-state index in [9.17, 15) is 0 Å². The Morgan fingerprint density at radius 2 is 1.38 bits per heavy atom. The van der Waals surface area contributed by atoms with Crippen molar-refractivity contribution in [2.45, 2.75) is 73.1 Å². The number of aryl methyl sites for hydroxylation is 3. The monoisotopic (exact) mass is 394 g/mol. The number of nitrogens with zero attached hydrogens (tertiary/aromatic N) is 2. The molecule has 0 fully saturated rings. The van der Waals surface area contributed by atoms with Gasteiger partial charge in [-0.3, -0.25) is 4.99 Å². The average Bonchev–Trinajstić information content (AvgIpc) is 2.52. The molecule has 0 aliphatic heterocycles. The molecule has 0 unspecified atom stereocenters. The summed E-state index contributed by atoms with van der Waals surface area (Å²) in [6, 6.07) is 8.88. The predicted octanol–water partition coefficient (Wildman–Crippen LogP) is 6.81. The second-order valence-electron chi connectivity index (χ2n) is 10.4. The highest BCUT2D eigenvalue weighted by molar-refractivity contribution is 5.87. The van der Waals surface area contributed by atoms with E-state index in [-0.39, 0.29) is 10.8 Å². The summed E-state index contributed by atoms with van der Waals surface area (Å²) in [5.74, 6) is 0.877. The van der Waals surface area contributed by atoms with Gasteiger partial charge in [0.25, 0.3) is 0 Å². The molecule has 0 saturated heterocycles. The van der Waals surface area contributed by atoms with Gasteiger partial charge in [-0.2, -0.15) is 5.06 Å². The van der Waals surface area contributed by atoms with Crippen molar-refractivity contribution >= 4 is 11.9 Å². The molecule has 3 heteroatoms. The van der Waals surface area contributed by atoms with Gasteiger partial charge in [-0.25, -0.2) is 0 Å². The molecule has 0 amide bonds. The van der Waals surface area contributed by atoms with Gasteiger partial charge in [0.1, 0.15) is 0 Å².